The van der Waals surface area contributed by atoms with Crippen LogP contribution >= 0.6 is 0 Å². The number of hydrogen-bond acceptors (Lipinski definition) is 3. The Balaban J connectivity index is 0.000000239. The highest BCUT2D eigenvalue weighted by Gasteiger charge is 2.21. The molecule has 1 N–H and O–H groups in total. The average molecular weight is 238 g/mol. The van der Waals surface area contributed by atoms with Crippen LogP contribution in [0.15, 0.2) is 24.3 Å². The molecule has 4 nitrogen and oxygen atoms in total. The van der Waals surface area contributed by atoms with E-state index in [1.165, 1.54) is 0 Å². The fourth-order valence-corrected chi connectivity index (χ4v) is 1.37. The lowest BCUT2D eigenvalue weighted by molar-refractivity contribution is 0.0304. The van der Waals surface area contributed by atoms with Gasteiger partial charge in [-0.05, 0) is 20.8 Å². The van der Waals surface area contributed by atoms with E-state index in [9.17, 15) is 4.79 Å². The van der Waals surface area contributed by atoms with Crippen LogP contribution in [0.1, 0.15) is 20.8 Å². The van der Waals surface area contributed by atoms with Crippen LogP contribution in [0.2, 0.25) is 0 Å². The van der Waals surface area contributed by atoms with Crippen molar-refractivity contribution in [2.24, 2.45) is 0 Å². The molecule has 2 heterocycles. The first kappa shape index (κ1) is 13.8. The second kappa shape index (κ2) is 6.45. The average Bonchev–Trinajstić information content (AvgIpc) is 2.93. The highest BCUT2D eigenvalue weighted by Crippen LogP contribution is 2.11. The van der Waals surface area contributed by atoms with Crippen molar-refractivity contribution >= 4 is 6.09 Å². The van der Waals surface area contributed by atoms with E-state index in [-0.39, 0.29) is 11.7 Å². The van der Waals surface area contributed by atoms with Gasteiger partial charge in [0, 0.05) is 26.2 Å². The van der Waals surface area contributed by atoms with Gasteiger partial charge in [-0.2, -0.15) is 0 Å². The molecule has 0 aliphatic carbocycles. The lowest BCUT2D eigenvalue weighted by Gasteiger charge is -2.23. The largest absolute Gasteiger partial charge is 0.444 e. The van der Waals surface area contributed by atoms with Gasteiger partial charge in [0.15, 0.2) is 0 Å². The molecule has 0 aromatic heterocycles. The molecule has 4 heteroatoms. The maximum Gasteiger partial charge on any atom is 0.410 e. The molecule has 96 valence electrons. The third-order valence-electron chi connectivity index (χ3n) is 2.16. The monoisotopic (exact) mass is 238 g/mol. The van der Waals surface area contributed by atoms with Gasteiger partial charge < -0.3 is 15.0 Å². The maximum atomic E-state index is 11.3. The van der Waals surface area contributed by atoms with Crippen LogP contribution in [0.4, 0.5) is 4.79 Å². The number of amides is 1. The van der Waals surface area contributed by atoms with Crippen LogP contribution in [0.5, 0.6) is 0 Å². The molecule has 0 unspecified atom stereocenters. The Morgan fingerprint density at radius 3 is 2.00 bits per heavy atom. The third kappa shape index (κ3) is 6.12. The van der Waals surface area contributed by atoms with E-state index in [1.807, 2.05) is 32.9 Å². The smallest absolute Gasteiger partial charge is 0.410 e. The summed E-state index contributed by atoms with van der Waals surface area (Å²) in [6.45, 7) is 9.10. The van der Waals surface area contributed by atoms with Crippen molar-refractivity contribution in [3.63, 3.8) is 0 Å². The number of carbonyl (C=O) groups is 1. The highest BCUT2D eigenvalue weighted by molar-refractivity contribution is 5.69. The minimum absolute atomic E-state index is 0.229. The topological polar surface area (TPSA) is 41.6 Å². The summed E-state index contributed by atoms with van der Waals surface area (Å²) in [6.07, 6.45) is 7.95. The molecule has 0 radical (unpaired) electrons. The summed E-state index contributed by atoms with van der Waals surface area (Å²) >= 11 is 0. The normalized spacial score (nSPS) is 17.9. The molecule has 2 aliphatic rings. The number of rotatable bonds is 0. The zero-order chi connectivity index (χ0) is 12.7. The summed E-state index contributed by atoms with van der Waals surface area (Å²) in [5.41, 5.74) is -0.389. The number of nitrogens with one attached hydrogen (secondary N) is 1. The van der Waals surface area contributed by atoms with E-state index < -0.39 is 0 Å². The number of hydrogen-bond donors (Lipinski definition) is 1. The standard InChI is InChI=1S/C9H15NO2.C4H7N/c1-9(2,3)12-8(11)10-6-4-5-7-10;1-2-4-5-3-1/h4-5H,6-7H2,1-3H3;1-2,5H,3-4H2. The molecule has 0 fully saturated rings. The molecule has 2 rings (SSSR count). The van der Waals surface area contributed by atoms with Crippen molar-refractivity contribution < 1.29 is 9.53 Å². The van der Waals surface area contributed by atoms with E-state index in [1.54, 1.807) is 4.90 Å². The predicted octanol–water partition coefficient (Wildman–Crippen LogP) is 1.94. The van der Waals surface area contributed by atoms with E-state index in [0.717, 1.165) is 13.1 Å². The molecule has 17 heavy (non-hydrogen) atoms. The third-order valence-corrected chi connectivity index (χ3v) is 2.16. The van der Waals surface area contributed by atoms with E-state index in [0.29, 0.717) is 13.1 Å². The molecule has 2 aliphatic heterocycles. The van der Waals surface area contributed by atoms with Crippen LogP contribution in [-0.2, 0) is 4.74 Å². The van der Waals surface area contributed by atoms with Crippen molar-refractivity contribution in [3.05, 3.63) is 24.3 Å². The van der Waals surface area contributed by atoms with Gasteiger partial charge in [0.2, 0.25) is 0 Å². The molecule has 0 aromatic rings. The minimum Gasteiger partial charge on any atom is -0.444 e. The van der Waals surface area contributed by atoms with Crippen LogP contribution < -0.4 is 5.32 Å². The summed E-state index contributed by atoms with van der Waals surface area (Å²) in [6, 6.07) is 0. The first-order valence-electron chi connectivity index (χ1n) is 5.98. The second-order valence-corrected chi connectivity index (χ2v) is 4.99. The van der Waals surface area contributed by atoms with Crippen molar-refractivity contribution in [3.8, 4) is 0 Å². The highest BCUT2D eigenvalue weighted by atomic mass is 16.6. The number of nitrogens with zero attached hydrogens (tertiary/aromatic N) is 1. The van der Waals surface area contributed by atoms with Crippen molar-refractivity contribution in [1.29, 1.82) is 0 Å². The molecule has 1 amide bonds. The SMILES string of the molecule is C1=CCNC1.CC(C)(C)OC(=O)N1CC=CC1. The molecule has 0 saturated heterocycles. The van der Waals surface area contributed by atoms with Crippen molar-refractivity contribution in [2.45, 2.75) is 26.4 Å². The van der Waals surface area contributed by atoms with E-state index in [4.69, 9.17) is 4.74 Å². The van der Waals surface area contributed by atoms with Gasteiger partial charge in [0.05, 0.1) is 0 Å². The molecule has 0 aromatic carbocycles. The molecule has 0 atom stereocenters. The van der Waals surface area contributed by atoms with Crippen LogP contribution in [0, 0.1) is 0 Å². The first-order valence-corrected chi connectivity index (χ1v) is 5.98. The van der Waals surface area contributed by atoms with Crippen LogP contribution in [0.3, 0.4) is 0 Å². The van der Waals surface area contributed by atoms with Crippen molar-refractivity contribution in [2.75, 3.05) is 26.2 Å². The number of carbonyl (C=O) groups excluding carboxylic acids is 1. The fraction of sp³-hybridized carbons (Fsp3) is 0.615. The summed E-state index contributed by atoms with van der Waals surface area (Å²) in [7, 11) is 0. The lowest BCUT2D eigenvalue weighted by atomic mass is 10.2. The maximum absolute atomic E-state index is 11.3. The van der Waals surface area contributed by atoms with Gasteiger partial charge in [-0.25, -0.2) is 4.79 Å². The van der Waals surface area contributed by atoms with Crippen LogP contribution in [-0.4, -0.2) is 42.8 Å². The zero-order valence-corrected chi connectivity index (χ0v) is 10.9. The first-order chi connectivity index (χ1) is 7.99. The summed E-state index contributed by atoms with van der Waals surface area (Å²) < 4.78 is 5.17. The number of ether oxygens (including phenoxy) is 1. The Morgan fingerprint density at radius 1 is 1.12 bits per heavy atom. The van der Waals surface area contributed by atoms with Gasteiger partial charge >= 0.3 is 6.09 Å². The Bertz CT molecular complexity index is 289. The van der Waals surface area contributed by atoms with Gasteiger partial charge in [-0.15, -0.1) is 0 Å². The quantitative estimate of drug-likeness (QED) is 0.656. The lowest BCUT2D eigenvalue weighted by Crippen LogP contribution is -2.35. The Labute approximate surface area is 103 Å². The van der Waals surface area contributed by atoms with Gasteiger partial charge in [-0.3, -0.25) is 0 Å². The Hall–Kier alpha value is -1.29. The Morgan fingerprint density at radius 2 is 1.65 bits per heavy atom. The zero-order valence-electron chi connectivity index (χ0n) is 10.9. The fourth-order valence-electron chi connectivity index (χ4n) is 1.37. The molecule has 0 spiro atoms. The molecular weight excluding hydrogens is 216 g/mol. The minimum atomic E-state index is -0.389. The molecule has 0 bridgehead atoms. The second-order valence-electron chi connectivity index (χ2n) is 4.99. The Kier molecular flexibility index (Phi) is 5.22. The van der Waals surface area contributed by atoms with E-state index in [2.05, 4.69) is 17.5 Å². The predicted molar refractivity (Wildman–Crippen MR) is 69.0 cm³/mol. The molecule has 0 saturated carbocycles. The molecular formula is C13H22N2O2. The van der Waals surface area contributed by atoms with Gasteiger partial charge in [-0.1, -0.05) is 24.3 Å². The summed E-state index contributed by atoms with van der Waals surface area (Å²) in [5, 5.41) is 3.11. The van der Waals surface area contributed by atoms with E-state index >= 15 is 0 Å². The van der Waals surface area contributed by atoms with Gasteiger partial charge in [0.25, 0.3) is 0 Å². The van der Waals surface area contributed by atoms with Gasteiger partial charge in [0.1, 0.15) is 5.60 Å². The van der Waals surface area contributed by atoms with Crippen molar-refractivity contribution in [1.82, 2.24) is 10.2 Å². The summed E-state index contributed by atoms with van der Waals surface area (Å²) in [5.74, 6) is 0. The summed E-state index contributed by atoms with van der Waals surface area (Å²) in [4.78, 5) is 13.0. The van der Waals surface area contributed by atoms with Crippen LogP contribution in [0.25, 0.3) is 0 Å².